The first-order valence-corrected chi connectivity index (χ1v) is 8.63. The molecule has 0 saturated carbocycles. The highest BCUT2D eigenvalue weighted by Crippen LogP contribution is 2.32. The van der Waals surface area contributed by atoms with Gasteiger partial charge in [-0.2, -0.15) is 0 Å². The van der Waals surface area contributed by atoms with E-state index in [1.165, 1.54) is 6.92 Å². The molecule has 0 aliphatic carbocycles. The monoisotopic (exact) mass is 368 g/mol. The van der Waals surface area contributed by atoms with Crippen LogP contribution in [0.15, 0.2) is 54.9 Å². The molecule has 0 radical (unpaired) electrons. The molecular formula is C21H16N6O. The van der Waals surface area contributed by atoms with Crippen LogP contribution in [0, 0.1) is 13.5 Å². The van der Waals surface area contributed by atoms with Gasteiger partial charge in [-0.1, -0.05) is 12.6 Å². The van der Waals surface area contributed by atoms with Gasteiger partial charge in [-0.3, -0.25) is 9.78 Å². The van der Waals surface area contributed by atoms with Gasteiger partial charge < -0.3 is 10.2 Å². The van der Waals surface area contributed by atoms with Crippen molar-refractivity contribution in [1.29, 1.82) is 0 Å². The zero-order valence-electron chi connectivity index (χ0n) is 15.3. The number of rotatable bonds is 3. The second kappa shape index (κ2) is 6.93. The van der Waals surface area contributed by atoms with Gasteiger partial charge in [0, 0.05) is 29.8 Å². The molecular weight excluding hydrogens is 352 g/mol. The average molecular weight is 368 g/mol. The Kier molecular flexibility index (Phi) is 4.30. The van der Waals surface area contributed by atoms with Gasteiger partial charge in [0.05, 0.1) is 23.8 Å². The Balaban J connectivity index is 1.93. The zero-order chi connectivity index (χ0) is 19.7. The van der Waals surface area contributed by atoms with E-state index in [-0.39, 0.29) is 5.91 Å². The fraction of sp³-hybridized carbons (Fsp3) is 0.0952. The van der Waals surface area contributed by atoms with Crippen LogP contribution in [-0.2, 0) is 4.79 Å². The largest absolute Gasteiger partial charge is 0.362 e. The van der Waals surface area contributed by atoms with E-state index in [0.29, 0.717) is 28.7 Å². The molecule has 0 aliphatic rings. The Hall–Kier alpha value is -4.05. The Morgan fingerprint density at radius 1 is 1.14 bits per heavy atom. The van der Waals surface area contributed by atoms with E-state index < -0.39 is 0 Å². The van der Waals surface area contributed by atoms with Crippen molar-refractivity contribution >= 4 is 23.2 Å². The summed E-state index contributed by atoms with van der Waals surface area (Å²) in [6.45, 7) is 10.7. The van der Waals surface area contributed by atoms with Crippen LogP contribution in [0.25, 0.3) is 33.0 Å². The lowest BCUT2D eigenvalue weighted by molar-refractivity contribution is -0.114. The highest BCUT2D eigenvalue weighted by Gasteiger charge is 2.15. The van der Waals surface area contributed by atoms with Crippen molar-refractivity contribution in [2.75, 3.05) is 5.32 Å². The second-order valence-electron chi connectivity index (χ2n) is 6.31. The molecule has 136 valence electrons. The first kappa shape index (κ1) is 17.4. The molecule has 1 amide bonds. The highest BCUT2D eigenvalue weighted by atomic mass is 16.1. The summed E-state index contributed by atoms with van der Waals surface area (Å²) in [4.78, 5) is 28.4. The number of aromatic nitrogens is 4. The van der Waals surface area contributed by atoms with Gasteiger partial charge in [0.2, 0.25) is 11.6 Å². The molecule has 4 rings (SSSR count). The molecule has 0 unspecified atom stereocenters. The summed E-state index contributed by atoms with van der Waals surface area (Å²) in [6, 6.07) is 13.2. The number of carbonyl (C=O) groups is 1. The third kappa shape index (κ3) is 3.19. The van der Waals surface area contributed by atoms with Crippen LogP contribution in [-0.4, -0.2) is 25.3 Å². The van der Waals surface area contributed by atoms with Crippen molar-refractivity contribution in [3.05, 3.63) is 72.0 Å². The molecule has 7 nitrogen and oxygen atoms in total. The van der Waals surface area contributed by atoms with Crippen molar-refractivity contribution in [2.24, 2.45) is 0 Å². The molecule has 0 aromatic carbocycles. The minimum absolute atomic E-state index is 0.190. The maximum absolute atomic E-state index is 11.5. The lowest BCUT2D eigenvalue weighted by atomic mass is 10.0. The van der Waals surface area contributed by atoms with Crippen LogP contribution in [0.4, 0.5) is 11.6 Å². The molecule has 7 heteroatoms. The number of pyridine rings is 3. The predicted molar refractivity (Wildman–Crippen MR) is 107 cm³/mol. The summed E-state index contributed by atoms with van der Waals surface area (Å²) in [5.41, 5.74) is 4.65. The van der Waals surface area contributed by atoms with Crippen molar-refractivity contribution in [3.8, 4) is 22.5 Å². The lowest BCUT2D eigenvalue weighted by Crippen LogP contribution is -2.08. The van der Waals surface area contributed by atoms with Crippen molar-refractivity contribution in [1.82, 2.24) is 19.4 Å². The van der Waals surface area contributed by atoms with E-state index in [9.17, 15) is 4.79 Å². The van der Waals surface area contributed by atoms with Gasteiger partial charge in [-0.25, -0.2) is 14.4 Å². The fourth-order valence-electron chi connectivity index (χ4n) is 3.02. The normalized spacial score (nSPS) is 10.6. The number of fused-ring (bicyclic) bond motifs is 1. The molecule has 4 aromatic rings. The summed E-state index contributed by atoms with van der Waals surface area (Å²) in [6.07, 6.45) is 3.41. The predicted octanol–water partition coefficient (Wildman–Crippen LogP) is 4.28. The number of anilines is 1. The first-order chi connectivity index (χ1) is 13.5. The van der Waals surface area contributed by atoms with Crippen molar-refractivity contribution in [2.45, 2.75) is 13.8 Å². The number of nitrogens with zero attached hydrogens (tertiary/aromatic N) is 5. The molecule has 0 aliphatic heterocycles. The van der Waals surface area contributed by atoms with E-state index in [1.807, 2.05) is 49.5 Å². The molecule has 0 bridgehead atoms. The van der Waals surface area contributed by atoms with Crippen LogP contribution in [0.5, 0.6) is 0 Å². The van der Waals surface area contributed by atoms with Gasteiger partial charge >= 0.3 is 0 Å². The number of hydrogen-bond acceptors (Lipinski definition) is 4. The van der Waals surface area contributed by atoms with E-state index in [4.69, 9.17) is 6.57 Å². The van der Waals surface area contributed by atoms with E-state index in [1.54, 1.807) is 16.7 Å². The Morgan fingerprint density at radius 3 is 2.75 bits per heavy atom. The van der Waals surface area contributed by atoms with Gasteiger partial charge in [-0.05, 0) is 37.3 Å². The van der Waals surface area contributed by atoms with E-state index in [2.05, 4.69) is 25.1 Å². The molecule has 0 spiro atoms. The minimum atomic E-state index is -0.190. The summed E-state index contributed by atoms with van der Waals surface area (Å²) < 4.78 is 1.75. The number of aryl methyl sites for hydroxylation is 1. The summed E-state index contributed by atoms with van der Waals surface area (Å²) in [7, 11) is 0. The fourth-order valence-corrected chi connectivity index (χ4v) is 3.02. The second-order valence-corrected chi connectivity index (χ2v) is 6.31. The zero-order valence-corrected chi connectivity index (χ0v) is 15.3. The number of amides is 1. The summed E-state index contributed by atoms with van der Waals surface area (Å²) >= 11 is 0. The number of nitrogens with one attached hydrogen (secondary N) is 1. The molecule has 4 aromatic heterocycles. The SMILES string of the molecule is [C-]#[N+]c1cnc2ccc(-c3ccc(NC(C)=O)nc3-c3cccc(C)n3)cn12. The topological polar surface area (TPSA) is 76.5 Å². The van der Waals surface area contributed by atoms with Crippen LogP contribution in [0.3, 0.4) is 0 Å². The lowest BCUT2D eigenvalue weighted by Gasteiger charge is -2.11. The van der Waals surface area contributed by atoms with Crippen molar-refractivity contribution in [3.63, 3.8) is 0 Å². The molecule has 28 heavy (non-hydrogen) atoms. The maximum Gasteiger partial charge on any atom is 0.254 e. The third-order valence-electron chi connectivity index (χ3n) is 4.24. The standard InChI is InChI=1S/C21H16N6O/c1-13-5-4-6-17(24-13)21-16(8-9-18(26-21)25-14(2)28)15-7-10-19-23-11-20(22-3)27(19)12-15/h4-12H,1-2H3,(H,25,26,28). The molecule has 0 fully saturated rings. The van der Waals surface area contributed by atoms with Gasteiger partial charge in [-0.15, -0.1) is 0 Å². The molecule has 0 atom stereocenters. The minimum Gasteiger partial charge on any atom is -0.362 e. The Labute approximate surface area is 161 Å². The van der Waals surface area contributed by atoms with Gasteiger partial charge in [0.25, 0.3) is 5.82 Å². The van der Waals surface area contributed by atoms with E-state index in [0.717, 1.165) is 16.8 Å². The highest BCUT2D eigenvalue weighted by molar-refractivity contribution is 5.89. The van der Waals surface area contributed by atoms with Crippen LogP contribution in [0.1, 0.15) is 12.6 Å². The smallest absolute Gasteiger partial charge is 0.254 e. The van der Waals surface area contributed by atoms with Gasteiger partial charge in [0.1, 0.15) is 5.82 Å². The third-order valence-corrected chi connectivity index (χ3v) is 4.24. The quantitative estimate of drug-likeness (QED) is 0.548. The van der Waals surface area contributed by atoms with Crippen LogP contribution >= 0.6 is 0 Å². The van der Waals surface area contributed by atoms with Crippen LogP contribution in [0.2, 0.25) is 0 Å². The summed E-state index contributed by atoms with van der Waals surface area (Å²) in [5.74, 6) is 0.708. The molecule has 0 saturated heterocycles. The average Bonchev–Trinajstić information content (AvgIpc) is 3.10. The van der Waals surface area contributed by atoms with E-state index >= 15 is 0 Å². The maximum atomic E-state index is 11.5. The molecule has 1 N–H and O–H groups in total. The van der Waals surface area contributed by atoms with Crippen LogP contribution < -0.4 is 5.32 Å². The van der Waals surface area contributed by atoms with Gasteiger partial charge in [0.15, 0.2) is 0 Å². The number of imidazole rings is 1. The number of carbonyl (C=O) groups excluding carboxylic acids is 1. The first-order valence-electron chi connectivity index (χ1n) is 8.63. The number of hydrogen-bond donors (Lipinski definition) is 1. The Bertz CT molecular complexity index is 1250. The Morgan fingerprint density at radius 2 is 2.00 bits per heavy atom. The van der Waals surface area contributed by atoms with Crippen molar-refractivity contribution < 1.29 is 4.79 Å². The summed E-state index contributed by atoms with van der Waals surface area (Å²) in [5, 5.41) is 2.72. The molecule has 4 heterocycles.